The molecule has 5 aliphatic heterocycles. The van der Waals surface area contributed by atoms with E-state index in [0.717, 1.165) is 0 Å². The zero-order valence-electron chi connectivity index (χ0n) is 52.6. The molecule has 8 aromatic rings. The second-order valence-electron chi connectivity index (χ2n) is 23.3. The third-order valence-electron chi connectivity index (χ3n) is 17.4. The first-order valence-electron chi connectivity index (χ1n) is 29.2. The molecule has 0 amide bonds. The molecule has 0 saturated heterocycles. The van der Waals surface area contributed by atoms with Gasteiger partial charge < -0.3 is 20.2 Å². The zero-order valence-corrected chi connectivity index (χ0v) is 52.6. The largest absolute Gasteiger partial charge is 0.373 e. The molecule has 2 atom stereocenters. The summed E-state index contributed by atoms with van der Waals surface area (Å²) in [6.45, 7) is 0. The van der Waals surface area contributed by atoms with Gasteiger partial charge in [-0.15, -0.1) is 0 Å². The predicted octanol–water partition coefficient (Wildman–Crippen LogP) is 20.0. The van der Waals surface area contributed by atoms with Crippen LogP contribution in [0.1, 0.15) is 56.2 Å². The minimum atomic E-state index is -6.33. The number of nitrogens with one attached hydrogen (secondary N) is 2. The smallest absolute Gasteiger partial charge is 0.200 e. The van der Waals surface area contributed by atoms with Crippen molar-refractivity contribution in [2.75, 3.05) is 0 Å². The van der Waals surface area contributed by atoms with E-state index >= 15 is 158 Å². The normalized spacial score (nSPS) is 18.8. The molecule has 12 bridgehead atoms. The number of allylic oxidation sites excluding steroid dienone is 8. The summed E-state index contributed by atoms with van der Waals surface area (Å²) in [6, 6.07) is 0. The molecule has 5 aliphatic rings. The number of nitrogens with zero attached hydrogens (tertiary/aromatic N) is 4. The maximum absolute atomic E-state index is 17.6. The van der Waals surface area contributed by atoms with Crippen molar-refractivity contribution in [2.24, 2.45) is 20.0 Å². The van der Waals surface area contributed by atoms with Gasteiger partial charge in [0.2, 0.25) is 34.9 Å². The lowest BCUT2D eigenvalue weighted by Gasteiger charge is -2.29. The third-order valence-corrected chi connectivity index (χ3v) is 17.4. The molecule has 0 spiro atoms. The van der Waals surface area contributed by atoms with Crippen LogP contribution in [0, 0.1) is 198 Å². The minimum absolute atomic E-state index is 0.567. The van der Waals surface area contributed by atoms with Crippen LogP contribution in [-0.4, -0.2) is 43.0 Å². The van der Waals surface area contributed by atoms with Gasteiger partial charge in [-0.2, -0.15) is 0 Å². The Morgan fingerprint density at radius 3 is 0.612 bits per heavy atom. The molecule has 0 saturated carbocycles. The number of fused-ring (bicyclic) bond motifs is 8. The minimum Gasteiger partial charge on any atom is -0.373 e. The first kappa shape index (κ1) is 81.5. The number of hydrogen-bond donors (Lipinski definition) is 4. The lowest BCUT2D eigenvalue weighted by molar-refractivity contribution is 0.0956. The fourth-order valence-corrected chi connectivity index (χ4v) is 12.2. The van der Waals surface area contributed by atoms with Crippen molar-refractivity contribution in [2.45, 2.75) is 11.2 Å². The molecule has 4 N–H and O–H groups in total. The highest BCUT2D eigenvalue weighted by Crippen LogP contribution is 2.55. The summed E-state index contributed by atoms with van der Waals surface area (Å²) >= 11 is 0. The van der Waals surface area contributed by atoms with Crippen molar-refractivity contribution in [3.05, 3.63) is 323 Å². The third kappa shape index (κ3) is 10.6. The summed E-state index contributed by atoms with van der Waals surface area (Å²) in [6.07, 6.45) is 0. The first-order valence-corrected chi connectivity index (χ1v) is 29.2. The van der Waals surface area contributed by atoms with E-state index in [2.05, 4.69) is 20.0 Å². The van der Waals surface area contributed by atoms with E-state index in [4.69, 9.17) is 0 Å². The second-order valence-corrected chi connectivity index (χ2v) is 23.3. The molecule has 6 aromatic carbocycles. The van der Waals surface area contributed by atoms with E-state index in [1.807, 2.05) is 0 Å². The molecule has 0 radical (unpaired) electrons. The van der Waals surface area contributed by atoms with Crippen molar-refractivity contribution < 1.29 is 195 Å². The van der Waals surface area contributed by atoms with Gasteiger partial charge in [-0.1, -0.05) is 0 Å². The number of hydrogen-bond acceptors (Lipinski definition) is 6. The van der Waals surface area contributed by atoms with Crippen molar-refractivity contribution in [1.29, 1.82) is 0 Å². The molecular formula is C66H4F42N6O2. The highest BCUT2D eigenvalue weighted by molar-refractivity contribution is 6.37. The van der Waals surface area contributed by atoms with E-state index in [1.54, 1.807) is 0 Å². The topological polar surface area (TPSA) is 121 Å². The van der Waals surface area contributed by atoms with Gasteiger partial charge in [0.25, 0.3) is 0 Å². The van der Waals surface area contributed by atoms with Crippen LogP contribution in [-0.2, 0) is 11.2 Å². The number of aliphatic hydroxyl groups is 2. The number of aromatic nitrogens is 2. The zero-order chi connectivity index (χ0) is 86.2. The molecular weight excluding hydrogens is 1710 g/mol. The first-order chi connectivity index (χ1) is 53.9. The Morgan fingerprint density at radius 2 is 0.371 bits per heavy atom. The van der Waals surface area contributed by atoms with Gasteiger partial charge in [-0.3, -0.25) is 0 Å². The van der Waals surface area contributed by atoms with Crippen LogP contribution < -0.4 is 0 Å². The van der Waals surface area contributed by atoms with Gasteiger partial charge in [0, 0.05) is 22.3 Å². The summed E-state index contributed by atoms with van der Waals surface area (Å²) in [5.41, 5.74) is -89.2. The van der Waals surface area contributed by atoms with Crippen LogP contribution in [0.4, 0.5) is 184 Å². The summed E-state index contributed by atoms with van der Waals surface area (Å²) < 4.78 is 685. The number of halogens is 42. The standard InChI is InChI=1S/C66H4F42N6O2/c67-11-1(12(68)24(80)35(91)23(11)79)5-53-41(97)42(98)54(109-53)6(2-13(69)25(81)36(92)26(82)14(2)70)58-46(102)51(107)63(112-58)66(116,10-21(77)33(89)40(96)34(90)22(10)78)64-52(108)48(104)60(114-64)8(4-17(73)29(85)38(94)30(86)18(4)74)56-44(100)43(99)55(110-56)7(3-15(71)27(83)37(93)28(84)16(3)72)59-47(103)50(106)62(113-59)65(115,61-49(105)45(101)57(5)111-61)9-19(75)31(87)39(95)32(88)20(9)76/h111,113,115-116H/b53-5?,55-7?,58-6-,60-8?. The molecule has 13 rings (SSSR count). The number of aromatic amines is 2. The Morgan fingerprint density at radius 1 is 0.181 bits per heavy atom. The summed E-state index contributed by atoms with van der Waals surface area (Å²) in [7, 11) is 0. The van der Waals surface area contributed by atoms with Gasteiger partial charge >= 0.3 is 0 Å². The van der Waals surface area contributed by atoms with Crippen LogP contribution >= 0.6 is 0 Å². The Labute approximate surface area is 603 Å². The molecule has 604 valence electrons. The number of rotatable bonds is 6. The van der Waals surface area contributed by atoms with E-state index in [1.165, 1.54) is 0 Å². The Balaban J connectivity index is 1.37. The van der Waals surface area contributed by atoms with Crippen LogP contribution in [0.15, 0.2) is 89.4 Å². The number of benzene rings is 6. The average molecular weight is 1710 g/mol. The lowest BCUT2D eigenvalue weighted by Crippen LogP contribution is -2.46. The van der Waals surface area contributed by atoms with Gasteiger partial charge in [-0.05, 0) is 0 Å². The van der Waals surface area contributed by atoms with Gasteiger partial charge in [-0.25, -0.2) is 204 Å². The van der Waals surface area contributed by atoms with Gasteiger partial charge in [0.05, 0.1) is 56.2 Å². The van der Waals surface area contributed by atoms with E-state index in [-0.39, 0.29) is 0 Å². The fourth-order valence-electron chi connectivity index (χ4n) is 12.2. The Bertz CT molecular complexity index is 6010. The summed E-state index contributed by atoms with van der Waals surface area (Å²) in [4.78, 5) is 11.3. The SMILES string of the molecule is OC1(c2c(F)c(F)c(F)c(F)c2F)C2=NC(=C(c3c(F)c(F)c(F)c(F)c3F)C3=NC(=C(c4c(F)c(F)c(F)c(F)c4F)c4[nH]c(c(F)c4F)C(O)(c4c(F)c(F)c(F)c(F)c4F)c4[nH]c(c(F)c4F)C(c4c(F)c(F)c(F)c(F)c4F)=C4N=C(C(F)=C4F)/C(c4c(F)c(F)c(F)c(F)c4F)=C4\N=C1C(F)=C4F)C(F)=C3F)C(F)=C2F. The Hall–Kier alpha value is -12.5. The van der Waals surface area contributed by atoms with E-state index in [0.29, 0.717) is 9.97 Å². The van der Waals surface area contributed by atoms with Crippen molar-refractivity contribution >= 4 is 45.1 Å². The molecule has 0 fully saturated rings. The maximum Gasteiger partial charge on any atom is 0.200 e. The molecule has 116 heavy (non-hydrogen) atoms. The molecule has 50 heteroatoms. The van der Waals surface area contributed by atoms with E-state index < -0.39 is 380 Å². The van der Waals surface area contributed by atoms with Crippen LogP contribution in [0.3, 0.4) is 0 Å². The van der Waals surface area contributed by atoms with Gasteiger partial charge in [0.1, 0.15) is 45.6 Å². The highest BCUT2D eigenvalue weighted by atomic mass is 19.2. The molecule has 2 unspecified atom stereocenters. The second kappa shape index (κ2) is 27.1. The molecule has 0 aliphatic carbocycles. The van der Waals surface area contributed by atoms with Crippen molar-refractivity contribution in [3.8, 4) is 0 Å². The van der Waals surface area contributed by atoms with Crippen LogP contribution in [0.25, 0.3) is 22.3 Å². The molecule has 8 nitrogen and oxygen atoms in total. The Kier molecular flexibility index (Phi) is 19.0. The van der Waals surface area contributed by atoms with Crippen molar-refractivity contribution in [3.63, 3.8) is 0 Å². The lowest BCUT2D eigenvalue weighted by atomic mass is 9.82. The highest BCUT2D eigenvalue weighted by Gasteiger charge is 2.58. The number of aliphatic imine (C=N–C) groups is 4. The quantitative estimate of drug-likeness (QED) is 0.0753. The summed E-state index contributed by atoms with van der Waals surface area (Å²) in [5.74, 6) is -159. The maximum atomic E-state index is 17.6. The predicted molar refractivity (Wildman–Crippen MR) is 297 cm³/mol. The fraction of sp³-hybridized carbons (Fsp3) is 0.0303. The molecule has 2 aromatic heterocycles. The number of H-pyrrole nitrogens is 2. The average Bonchev–Trinajstić information content (AvgIpc) is 1.53. The summed E-state index contributed by atoms with van der Waals surface area (Å²) in [5, 5.41) is 25.3. The van der Waals surface area contributed by atoms with Crippen LogP contribution in [0.2, 0.25) is 0 Å². The molecule has 7 heterocycles. The van der Waals surface area contributed by atoms with Crippen molar-refractivity contribution in [1.82, 2.24) is 9.97 Å². The monoisotopic (exact) mass is 1710 g/mol. The van der Waals surface area contributed by atoms with Crippen LogP contribution in [0.5, 0.6) is 0 Å². The van der Waals surface area contributed by atoms with Gasteiger partial charge in [0.15, 0.2) is 221 Å². The van der Waals surface area contributed by atoms with E-state index in [9.17, 15) is 36.6 Å².